The van der Waals surface area contributed by atoms with Crippen molar-refractivity contribution >= 4 is 0 Å². The normalized spacial score (nSPS) is 10.4. The molecule has 0 radical (unpaired) electrons. The van der Waals surface area contributed by atoms with Crippen molar-refractivity contribution in [2.75, 3.05) is 6.61 Å². The molecule has 4 heteroatoms. The van der Waals surface area contributed by atoms with Gasteiger partial charge in [-0.25, -0.2) is 4.98 Å². The summed E-state index contributed by atoms with van der Waals surface area (Å²) in [6.45, 7) is 0.890. The molecule has 2 N–H and O–H groups in total. The summed E-state index contributed by atoms with van der Waals surface area (Å²) in [7, 11) is 0. The molecule has 4 nitrogen and oxygen atoms in total. The molecule has 0 bridgehead atoms. The van der Waals surface area contributed by atoms with E-state index in [2.05, 4.69) is 4.98 Å². The molecule has 0 aliphatic heterocycles. The summed E-state index contributed by atoms with van der Waals surface area (Å²) in [6.07, 6.45) is 3.97. The Hall–Kier alpha value is -0.870. The Morgan fingerprint density at radius 3 is 2.91 bits per heavy atom. The highest BCUT2D eigenvalue weighted by Gasteiger charge is 1.98. The van der Waals surface area contributed by atoms with E-state index in [0.717, 1.165) is 5.69 Å². The Morgan fingerprint density at radius 1 is 1.45 bits per heavy atom. The van der Waals surface area contributed by atoms with Crippen LogP contribution in [0.25, 0.3) is 0 Å². The van der Waals surface area contributed by atoms with E-state index in [1.807, 2.05) is 4.57 Å². The highest BCUT2D eigenvalue weighted by atomic mass is 16.3. The van der Waals surface area contributed by atoms with Gasteiger partial charge in [0.05, 0.1) is 24.8 Å². The van der Waals surface area contributed by atoms with Crippen molar-refractivity contribution in [1.29, 1.82) is 0 Å². The zero-order valence-corrected chi connectivity index (χ0v) is 6.27. The van der Waals surface area contributed by atoms with Gasteiger partial charge in [0, 0.05) is 13.2 Å². The van der Waals surface area contributed by atoms with Crippen molar-refractivity contribution in [2.45, 2.75) is 19.6 Å². The van der Waals surface area contributed by atoms with Crippen LogP contribution >= 0.6 is 0 Å². The first kappa shape index (κ1) is 8.23. The minimum atomic E-state index is 0.00539. The molecule has 1 aromatic rings. The van der Waals surface area contributed by atoms with Gasteiger partial charge < -0.3 is 14.8 Å². The molecule has 0 spiro atoms. The number of hydrogen-bond donors (Lipinski definition) is 2. The fraction of sp³-hybridized carbons (Fsp3) is 0.571. The van der Waals surface area contributed by atoms with E-state index in [1.54, 1.807) is 12.5 Å². The fourth-order valence-corrected chi connectivity index (χ4v) is 0.922. The molecular weight excluding hydrogens is 144 g/mol. The third-order valence-electron chi connectivity index (χ3n) is 1.52. The Kier molecular flexibility index (Phi) is 3.07. The summed E-state index contributed by atoms with van der Waals surface area (Å²) >= 11 is 0. The number of nitrogens with zero attached hydrogens (tertiary/aromatic N) is 2. The number of rotatable bonds is 4. The summed E-state index contributed by atoms with van der Waals surface area (Å²) in [5.74, 6) is 0. The Balaban J connectivity index is 2.54. The molecule has 0 atom stereocenters. The van der Waals surface area contributed by atoms with Crippen LogP contribution in [0.2, 0.25) is 0 Å². The largest absolute Gasteiger partial charge is 0.396 e. The fourth-order valence-electron chi connectivity index (χ4n) is 0.922. The van der Waals surface area contributed by atoms with E-state index < -0.39 is 0 Å². The van der Waals surface area contributed by atoms with Crippen molar-refractivity contribution in [3.63, 3.8) is 0 Å². The minimum absolute atomic E-state index is 0.00539. The zero-order chi connectivity index (χ0) is 8.10. The monoisotopic (exact) mass is 156 g/mol. The predicted octanol–water partition coefficient (Wildman–Crippen LogP) is -0.242. The molecule has 11 heavy (non-hydrogen) atoms. The molecule has 0 amide bonds. The number of aryl methyl sites for hydroxylation is 1. The minimum Gasteiger partial charge on any atom is -0.396 e. The molecule has 0 aliphatic carbocycles. The van der Waals surface area contributed by atoms with E-state index in [4.69, 9.17) is 10.2 Å². The molecule has 0 saturated carbocycles. The average molecular weight is 156 g/mol. The topological polar surface area (TPSA) is 58.3 Å². The van der Waals surface area contributed by atoms with Gasteiger partial charge >= 0.3 is 0 Å². The Morgan fingerprint density at radius 2 is 2.27 bits per heavy atom. The second-order valence-corrected chi connectivity index (χ2v) is 2.31. The number of aromatic nitrogens is 2. The van der Waals surface area contributed by atoms with Gasteiger partial charge in [-0.1, -0.05) is 0 Å². The average Bonchev–Trinajstić information content (AvgIpc) is 2.47. The zero-order valence-electron chi connectivity index (χ0n) is 6.27. The Bertz CT molecular complexity index is 210. The van der Waals surface area contributed by atoms with E-state index >= 15 is 0 Å². The lowest BCUT2D eigenvalue weighted by Crippen LogP contribution is -2.02. The van der Waals surface area contributed by atoms with Gasteiger partial charge in [0.25, 0.3) is 0 Å². The van der Waals surface area contributed by atoms with E-state index in [-0.39, 0.29) is 13.2 Å². The molecular formula is C7H12N2O2. The first-order chi connectivity index (χ1) is 5.38. The maximum Gasteiger partial charge on any atom is 0.0948 e. The maximum absolute atomic E-state index is 8.78. The van der Waals surface area contributed by atoms with E-state index in [9.17, 15) is 0 Å². The third-order valence-corrected chi connectivity index (χ3v) is 1.52. The first-order valence-electron chi connectivity index (χ1n) is 3.59. The quantitative estimate of drug-likeness (QED) is 0.632. The lowest BCUT2D eigenvalue weighted by Gasteiger charge is -2.03. The van der Waals surface area contributed by atoms with Crippen LogP contribution in [0.4, 0.5) is 0 Å². The molecule has 0 aromatic carbocycles. The van der Waals surface area contributed by atoms with Crippen LogP contribution in [0.15, 0.2) is 12.5 Å². The molecule has 62 valence electrons. The summed E-state index contributed by atoms with van der Waals surface area (Å²) in [4.78, 5) is 3.87. The van der Waals surface area contributed by atoms with Crippen molar-refractivity contribution in [3.05, 3.63) is 18.2 Å². The summed E-state index contributed by atoms with van der Waals surface area (Å²) in [6, 6.07) is 0. The van der Waals surface area contributed by atoms with Gasteiger partial charge in [0.1, 0.15) is 0 Å². The van der Waals surface area contributed by atoms with Crippen LogP contribution in [-0.2, 0) is 13.2 Å². The SMILES string of the molecule is OCCCn1cncc1CO. The maximum atomic E-state index is 8.78. The van der Waals surface area contributed by atoms with Crippen LogP contribution in [0.3, 0.4) is 0 Å². The summed E-state index contributed by atoms with van der Waals surface area (Å²) in [5.41, 5.74) is 0.790. The first-order valence-corrected chi connectivity index (χ1v) is 3.59. The smallest absolute Gasteiger partial charge is 0.0948 e. The van der Waals surface area contributed by atoms with Gasteiger partial charge in [-0.15, -0.1) is 0 Å². The van der Waals surface area contributed by atoms with Crippen LogP contribution in [0.5, 0.6) is 0 Å². The van der Waals surface area contributed by atoms with Crippen molar-refractivity contribution in [3.8, 4) is 0 Å². The highest BCUT2D eigenvalue weighted by Crippen LogP contribution is 1.99. The van der Waals surface area contributed by atoms with Crippen LogP contribution in [0, 0.1) is 0 Å². The predicted molar refractivity (Wildman–Crippen MR) is 39.9 cm³/mol. The molecule has 0 saturated heterocycles. The molecule has 0 aliphatic rings. The molecule has 0 unspecified atom stereocenters. The number of imidazole rings is 1. The second kappa shape index (κ2) is 4.10. The number of hydrogen-bond acceptors (Lipinski definition) is 3. The number of aliphatic hydroxyl groups excluding tert-OH is 2. The summed E-state index contributed by atoms with van der Waals surface area (Å²) < 4.78 is 1.83. The lowest BCUT2D eigenvalue weighted by molar-refractivity contribution is 0.260. The van der Waals surface area contributed by atoms with Crippen LogP contribution < -0.4 is 0 Å². The Labute approximate surface area is 65.1 Å². The molecule has 1 rings (SSSR count). The summed E-state index contributed by atoms with van der Waals surface area (Å²) in [5, 5.41) is 17.3. The second-order valence-electron chi connectivity index (χ2n) is 2.31. The lowest BCUT2D eigenvalue weighted by atomic mass is 10.4. The molecule has 1 heterocycles. The highest BCUT2D eigenvalue weighted by molar-refractivity contribution is 4.95. The third kappa shape index (κ3) is 2.03. The number of aliphatic hydroxyl groups is 2. The van der Waals surface area contributed by atoms with E-state index in [0.29, 0.717) is 13.0 Å². The van der Waals surface area contributed by atoms with Crippen LogP contribution in [-0.4, -0.2) is 26.4 Å². The van der Waals surface area contributed by atoms with Gasteiger partial charge in [0.15, 0.2) is 0 Å². The standard InChI is InChI=1S/C7H12N2O2/c10-3-1-2-9-6-8-4-7(9)5-11/h4,6,10-11H,1-3,5H2. The van der Waals surface area contributed by atoms with Gasteiger partial charge in [-0.2, -0.15) is 0 Å². The van der Waals surface area contributed by atoms with Gasteiger partial charge in [0.2, 0.25) is 0 Å². The van der Waals surface area contributed by atoms with E-state index in [1.165, 1.54) is 0 Å². The van der Waals surface area contributed by atoms with Crippen LogP contribution in [0.1, 0.15) is 12.1 Å². The van der Waals surface area contributed by atoms with Crippen molar-refractivity contribution < 1.29 is 10.2 Å². The van der Waals surface area contributed by atoms with Crippen molar-refractivity contribution in [1.82, 2.24) is 9.55 Å². The molecule has 0 fully saturated rings. The molecule has 1 aromatic heterocycles. The van der Waals surface area contributed by atoms with Gasteiger partial charge in [-0.3, -0.25) is 0 Å². The van der Waals surface area contributed by atoms with Crippen molar-refractivity contribution in [2.24, 2.45) is 0 Å². The van der Waals surface area contributed by atoms with Gasteiger partial charge in [-0.05, 0) is 6.42 Å².